The van der Waals surface area contributed by atoms with Crippen molar-refractivity contribution in [1.82, 2.24) is 0 Å². The van der Waals surface area contributed by atoms with Crippen molar-refractivity contribution in [3.8, 4) is 0 Å². The van der Waals surface area contributed by atoms with E-state index in [1.54, 1.807) is 13.8 Å². The van der Waals surface area contributed by atoms with Crippen LogP contribution in [0.4, 0.5) is 0 Å². The molecule has 1 N–H and O–H groups in total. The molecule has 0 radical (unpaired) electrons. The summed E-state index contributed by atoms with van der Waals surface area (Å²) in [5.74, 6) is 0.660. The minimum atomic E-state index is -0.769. The van der Waals surface area contributed by atoms with E-state index < -0.39 is 6.29 Å². The van der Waals surface area contributed by atoms with Gasteiger partial charge in [0.15, 0.2) is 12.6 Å². The first-order chi connectivity index (χ1) is 4.66. The summed E-state index contributed by atoms with van der Waals surface area (Å²) < 4.78 is 9.89. The zero-order chi connectivity index (χ0) is 7.98. The van der Waals surface area contributed by atoms with E-state index >= 15 is 0 Å². The maximum atomic E-state index is 8.70. The lowest BCUT2D eigenvalue weighted by atomic mass is 10.7. The van der Waals surface area contributed by atoms with Gasteiger partial charge in [-0.1, -0.05) is 0 Å². The molecule has 0 aliphatic heterocycles. The largest absolute Gasteiger partial charge is 0.368 e. The molecule has 2 unspecified atom stereocenters. The highest BCUT2D eigenvalue weighted by atomic mass is 32.1. The normalized spacial score (nSPS) is 16.8. The van der Waals surface area contributed by atoms with Gasteiger partial charge >= 0.3 is 0 Å². The second kappa shape index (κ2) is 5.97. The molecule has 0 aliphatic rings. The molecule has 62 valence electrons. The quantitative estimate of drug-likeness (QED) is 0.465. The summed E-state index contributed by atoms with van der Waals surface area (Å²) in [5.41, 5.74) is 0. The molecule has 0 amide bonds. The number of hydrogen-bond donors (Lipinski definition) is 2. The Morgan fingerprint density at radius 1 is 1.50 bits per heavy atom. The number of hydrogen-bond acceptors (Lipinski definition) is 4. The standard InChI is InChI=1S/C6H14O3S/c1-5(7)9-6(2)8-3-4-10/h5-7,10H,3-4H2,1-2H3. The van der Waals surface area contributed by atoms with Gasteiger partial charge in [-0.15, -0.1) is 0 Å². The molecule has 0 saturated carbocycles. The molecule has 0 aliphatic carbocycles. The van der Waals surface area contributed by atoms with E-state index in [9.17, 15) is 0 Å². The van der Waals surface area contributed by atoms with Crippen LogP contribution >= 0.6 is 12.6 Å². The number of thiol groups is 1. The highest BCUT2D eigenvalue weighted by molar-refractivity contribution is 7.80. The van der Waals surface area contributed by atoms with Gasteiger partial charge in [-0.3, -0.25) is 0 Å². The van der Waals surface area contributed by atoms with Crippen LogP contribution in [0.1, 0.15) is 13.8 Å². The molecule has 10 heavy (non-hydrogen) atoms. The Morgan fingerprint density at radius 2 is 2.10 bits per heavy atom. The summed E-state index contributed by atoms with van der Waals surface area (Å²) in [6, 6.07) is 0. The van der Waals surface area contributed by atoms with Gasteiger partial charge in [0.25, 0.3) is 0 Å². The van der Waals surface area contributed by atoms with Crippen molar-refractivity contribution < 1.29 is 14.6 Å². The van der Waals surface area contributed by atoms with Crippen molar-refractivity contribution in [3.05, 3.63) is 0 Å². The molecule has 0 saturated heterocycles. The van der Waals surface area contributed by atoms with Crippen molar-refractivity contribution in [3.63, 3.8) is 0 Å². The lowest BCUT2D eigenvalue weighted by molar-refractivity contribution is -0.210. The summed E-state index contributed by atoms with van der Waals surface area (Å²) in [7, 11) is 0. The predicted octanol–water partition coefficient (Wildman–Crippen LogP) is 0.634. The average Bonchev–Trinajstić information content (AvgIpc) is 1.82. The van der Waals surface area contributed by atoms with Gasteiger partial charge in [-0.05, 0) is 13.8 Å². The number of rotatable bonds is 5. The Hall–Kier alpha value is 0.230. The molecule has 0 fully saturated rings. The summed E-state index contributed by atoms with van der Waals surface area (Å²) >= 11 is 3.94. The van der Waals surface area contributed by atoms with Crippen LogP contribution in [0, 0.1) is 0 Å². The van der Waals surface area contributed by atoms with E-state index in [-0.39, 0.29) is 6.29 Å². The molecule has 4 heteroatoms. The third-order valence-corrected chi connectivity index (χ3v) is 1.01. The van der Waals surface area contributed by atoms with Crippen LogP contribution in [0.2, 0.25) is 0 Å². The molecule has 0 heterocycles. The van der Waals surface area contributed by atoms with Crippen LogP contribution in [-0.4, -0.2) is 30.0 Å². The fraction of sp³-hybridized carbons (Fsp3) is 1.00. The van der Waals surface area contributed by atoms with Gasteiger partial charge in [0.1, 0.15) is 0 Å². The third kappa shape index (κ3) is 6.35. The number of ether oxygens (including phenoxy) is 2. The molecular weight excluding hydrogens is 152 g/mol. The summed E-state index contributed by atoms with van der Waals surface area (Å²) in [5, 5.41) is 8.70. The van der Waals surface area contributed by atoms with E-state index in [0.29, 0.717) is 12.4 Å². The summed E-state index contributed by atoms with van der Waals surface area (Å²) in [6.45, 7) is 3.81. The van der Waals surface area contributed by atoms with Gasteiger partial charge in [0.2, 0.25) is 0 Å². The molecule has 0 aromatic rings. The SMILES string of the molecule is CC(O)OC(C)OCCS. The lowest BCUT2D eigenvalue weighted by Gasteiger charge is -2.14. The monoisotopic (exact) mass is 166 g/mol. The Labute approximate surface area is 66.7 Å². The molecule has 0 spiro atoms. The van der Waals surface area contributed by atoms with Crippen LogP contribution in [0.25, 0.3) is 0 Å². The Bertz CT molecular complexity index is 77.4. The maximum Gasteiger partial charge on any atom is 0.157 e. The number of aliphatic hydroxyl groups is 1. The molecule has 0 bridgehead atoms. The van der Waals surface area contributed by atoms with Crippen molar-refractivity contribution >= 4 is 12.6 Å². The molecule has 0 rings (SSSR count). The minimum absolute atomic E-state index is 0.354. The lowest BCUT2D eigenvalue weighted by Crippen LogP contribution is -2.20. The second-order valence-corrected chi connectivity index (χ2v) is 2.34. The predicted molar refractivity (Wildman–Crippen MR) is 42.0 cm³/mol. The fourth-order valence-electron chi connectivity index (χ4n) is 0.535. The Balaban J connectivity index is 3.16. The fourth-order valence-corrected chi connectivity index (χ4v) is 0.641. The third-order valence-electron chi connectivity index (χ3n) is 0.832. The van der Waals surface area contributed by atoms with Crippen molar-refractivity contribution in [2.45, 2.75) is 26.4 Å². The highest BCUT2D eigenvalue weighted by Gasteiger charge is 2.03. The van der Waals surface area contributed by atoms with E-state index in [2.05, 4.69) is 12.6 Å². The molecule has 2 atom stereocenters. The zero-order valence-electron chi connectivity index (χ0n) is 6.28. The molecule has 0 aromatic carbocycles. The Kier molecular flexibility index (Phi) is 6.11. The van der Waals surface area contributed by atoms with Crippen LogP contribution in [0.5, 0.6) is 0 Å². The van der Waals surface area contributed by atoms with E-state index in [4.69, 9.17) is 14.6 Å². The average molecular weight is 166 g/mol. The van der Waals surface area contributed by atoms with Crippen molar-refractivity contribution in [2.75, 3.05) is 12.4 Å². The molecule has 3 nitrogen and oxygen atoms in total. The van der Waals surface area contributed by atoms with Gasteiger partial charge < -0.3 is 14.6 Å². The topological polar surface area (TPSA) is 38.7 Å². The molecule has 0 aromatic heterocycles. The van der Waals surface area contributed by atoms with Gasteiger partial charge in [-0.25, -0.2) is 0 Å². The van der Waals surface area contributed by atoms with Gasteiger partial charge in [-0.2, -0.15) is 12.6 Å². The van der Waals surface area contributed by atoms with Crippen molar-refractivity contribution in [2.24, 2.45) is 0 Å². The second-order valence-electron chi connectivity index (χ2n) is 1.90. The molecular formula is C6H14O3S. The van der Waals surface area contributed by atoms with Gasteiger partial charge in [0.05, 0.1) is 6.61 Å². The minimum Gasteiger partial charge on any atom is -0.368 e. The zero-order valence-corrected chi connectivity index (χ0v) is 7.17. The maximum absolute atomic E-state index is 8.70. The van der Waals surface area contributed by atoms with E-state index in [0.717, 1.165) is 0 Å². The van der Waals surface area contributed by atoms with Crippen LogP contribution < -0.4 is 0 Å². The van der Waals surface area contributed by atoms with Crippen LogP contribution in [0.15, 0.2) is 0 Å². The number of aliphatic hydroxyl groups excluding tert-OH is 1. The smallest absolute Gasteiger partial charge is 0.157 e. The Morgan fingerprint density at radius 3 is 2.50 bits per heavy atom. The summed E-state index contributed by atoms with van der Waals surface area (Å²) in [4.78, 5) is 0. The first kappa shape index (κ1) is 10.2. The van der Waals surface area contributed by atoms with Crippen molar-refractivity contribution in [1.29, 1.82) is 0 Å². The first-order valence-corrected chi connectivity index (χ1v) is 3.86. The highest BCUT2D eigenvalue weighted by Crippen LogP contribution is 1.96. The van der Waals surface area contributed by atoms with Crippen LogP contribution in [0.3, 0.4) is 0 Å². The van der Waals surface area contributed by atoms with Crippen LogP contribution in [-0.2, 0) is 9.47 Å². The van der Waals surface area contributed by atoms with Gasteiger partial charge in [0, 0.05) is 5.75 Å². The van der Waals surface area contributed by atoms with E-state index in [1.165, 1.54) is 0 Å². The van der Waals surface area contributed by atoms with E-state index in [1.807, 2.05) is 0 Å². The first-order valence-electron chi connectivity index (χ1n) is 3.22. The summed E-state index contributed by atoms with van der Waals surface area (Å²) in [6.07, 6.45) is -1.12.